The summed E-state index contributed by atoms with van der Waals surface area (Å²) in [7, 11) is 0. The van der Waals surface area contributed by atoms with Gasteiger partial charge in [-0.1, -0.05) is 22.3 Å². The number of benzene rings is 2. The lowest BCUT2D eigenvalue weighted by atomic mass is 10.0. The quantitative estimate of drug-likeness (QED) is 0.291. The van der Waals surface area contributed by atoms with Crippen molar-refractivity contribution < 1.29 is 4.52 Å². The van der Waals surface area contributed by atoms with Gasteiger partial charge in [-0.05, 0) is 44.2 Å². The Hall–Kier alpha value is -2.86. The van der Waals surface area contributed by atoms with Crippen LogP contribution < -0.4 is 17.1 Å². The highest BCUT2D eigenvalue weighted by Crippen LogP contribution is 2.30. The molecule has 0 aliphatic rings. The topological polar surface area (TPSA) is 102 Å². The third-order valence-electron chi connectivity index (χ3n) is 3.50. The summed E-state index contributed by atoms with van der Waals surface area (Å²) < 4.78 is 5.54. The van der Waals surface area contributed by atoms with Gasteiger partial charge in [0.05, 0.1) is 5.39 Å². The van der Waals surface area contributed by atoms with Crippen LogP contribution in [0.4, 0.5) is 0 Å². The summed E-state index contributed by atoms with van der Waals surface area (Å²) in [4.78, 5) is 0. The number of nitrogens with zero attached hydrogens (tertiary/aromatic N) is 2. The minimum Gasteiger partial charge on any atom is -0.355 e. The number of amidine groups is 1. The minimum atomic E-state index is 0.398. The standard InChI is InChI=1S/C16H17N5O/c1-9-5-10(2)7-12(6-9)15-13-8-11(16(19-17)20-18)3-4-14(13)21-22-15/h3-8H,17-18H2,1-2H3,(H,19,20). The van der Waals surface area contributed by atoms with Crippen LogP contribution in [0.25, 0.3) is 22.2 Å². The Morgan fingerprint density at radius 2 is 1.86 bits per heavy atom. The highest BCUT2D eigenvalue weighted by Gasteiger charge is 2.13. The Balaban J connectivity index is 2.20. The van der Waals surface area contributed by atoms with E-state index < -0.39 is 0 Å². The molecule has 0 bridgehead atoms. The second kappa shape index (κ2) is 5.50. The molecular weight excluding hydrogens is 278 g/mol. The van der Waals surface area contributed by atoms with Crippen LogP contribution in [0.3, 0.4) is 0 Å². The van der Waals surface area contributed by atoms with Crippen LogP contribution in [0.2, 0.25) is 0 Å². The summed E-state index contributed by atoms with van der Waals surface area (Å²) in [6, 6.07) is 11.8. The lowest BCUT2D eigenvalue weighted by Gasteiger charge is -2.05. The molecule has 3 aromatic rings. The van der Waals surface area contributed by atoms with Crippen LogP contribution in [0.5, 0.6) is 0 Å². The second-order valence-corrected chi connectivity index (χ2v) is 5.24. The number of aromatic nitrogens is 1. The van der Waals surface area contributed by atoms with Crippen molar-refractivity contribution in [2.75, 3.05) is 0 Å². The molecular formula is C16H17N5O. The van der Waals surface area contributed by atoms with E-state index in [1.807, 2.05) is 18.2 Å². The van der Waals surface area contributed by atoms with Gasteiger partial charge in [-0.3, -0.25) is 0 Å². The molecule has 0 spiro atoms. The molecule has 6 heteroatoms. The van der Waals surface area contributed by atoms with Crippen molar-refractivity contribution in [2.45, 2.75) is 13.8 Å². The first kappa shape index (κ1) is 14.1. The Labute approximate surface area is 127 Å². The van der Waals surface area contributed by atoms with Gasteiger partial charge in [-0.15, -0.1) is 0 Å². The molecule has 1 aromatic heterocycles. The monoisotopic (exact) mass is 295 g/mol. The highest BCUT2D eigenvalue weighted by atomic mass is 16.5. The minimum absolute atomic E-state index is 0.398. The predicted molar refractivity (Wildman–Crippen MR) is 87.0 cm³/mol. The van der Waals surface area contributed by atoms with E-state index in [2.05, 4.69) is 47.7 Å². The third-order valence-corrected chi connectivity index (χ3v) is 3.50. The summed E-state index contributed by atoms with van der Waals surface area (Å²) in [6.07, 6.45) is 0. The summed E-state index contributed by atoms with van der Waals surface area (Å²) in [6.45, 7) is 4.11. The van der Waals surface area contributed by atoms with E-state index in [0.717, 1.165) is 27.8 Å². The molecule has 0 aliphatic carbocycles. The molecule has 0 saturated carbocycles. The van der Waals surface area contributed by atoms with Crippen molar-refractivity contribution in [1.82, 2.24) is 10.6 Å². The molecule has 0 amide bonds. The number of nitrogens with one attached hydrogen (secondary N) is 1. The zero-order valence-corrected chi connectivity index (χ0v) is 12.4. The van der Waals surface area contributed by atoms with Crippen molar-refractivity contribution >= 4 is 16.7 Å². The molecule has 6 nitrogen and oxygen atoms in total. The van der Waals surface area contributed by atoms with Gasteiger partial charge in [0.2, 0.25) is 0 Å². The Morgan fingerprint density at radius 3 is 2.50 bits per heavy atom. The molecule has 0 atom stereocenters. The number of hydrogen-bond acceptors (Lipinski definition) is 5. The van der Waals surface area contributed by atoms with E-state index in [1.54, 1.807) is 0 Å². The Bertz CT molecular complexity index is 846. The zero-order chi connectivity index (χ0) is 15.7. The number of hydrogen-bond donors (Lipinski definition) is 3. The van der Waals surface area contributed by atoms with Crippen molar-refractivity contribution in [2.24, 2.45) is 16.8 Å². The maximum absolute atomic E-state index is 5.54. The molecule has 0 fully saturated rings. The molecule has 0 radical (unpaired) electrons. The lowest BCUT2D eigenvalue weighted by molar-refractivity contribution is 0.441. The maximum Gasteiger partial charge on any atom is 0.174 e. The fourth-order valence-corrected chi connectivity index (χ4v) is 2.60. The maximum atomic E-state index is 5.54. The number of fused-ring (bicyclic) bond motifs is 1. The van der Waals surface area contributed by atoms with Gasteiger partial charge in [0.25, 0.3) is 0 Å². The van der Waals surface area contributed by atoms with E-state index in [0.29, 0.717) is 5.84 Å². The van der Waals surface area contributed by atoms with E-state index in [-0.39, 0.29) is 0 Å². The fraction of sp³-hybridized carbons (Fsp3) is 0.125. The van der Waals surface area contributed by atoms with Gasteiger partial charge < -0.3 is 15.8 Å². The molecule has 112 valence electrons. The number of nitrogens with two attached hydrogens (primary N) is 2. The first-order chi connectivity index (χ1) is 10.6. The van der Waals surface area contributed by atoms with Crippen LogP contribution in [-0.2, 0) is 0 Å². The largest absolute Gasteiger partial charge is 0.355 e. The van der Waals surface area contributed by atoms with Crippen LogP contribution in [0.1, 0.15) is 16.7 Å². The van der Waals surface area contributed by atoms with Crippen LogP contribution in [0, 0.1) is 13.8 Å². The molecule has 3 rings (SSSR count). The van der Waals surface area contributed by atoms with Gasteiger partial charge >= 0.3 is 0 Å². The zero-order valence-electron chi connectivity index (χ0n) is 12.4. The van der Waals surface area contributed by atoms with Crippen molar-refractivity contribution in [1.29, 1.82) is 0 Å². The third kappa shape index (κ3) is 2.40. The number of hydrazone groups is 1. The van der Waals surface area contributed by atoms with Gasteiger partial charge in [-0.25, -0.2) is 5.84 Å². The summed E-state index contributed by atoms with van der Waals surface area (Å²) in [5.74, 6) is 11.9. The molecule has 0 saturated heterocycles. The van der Waals surface area contributed by atoms with Gasteiger partial charge in [0.1, 0.15) is 5.52 Å². The first-order valence-corrected chi connectivity index (χ1v) is 6.85. The molecule has 0 aliphatic heterocycles. The van der Waals surface area contributed by atoms with E-state index >= 15 is 0 Å². The van der Waals surface area contributed by atoms with Gasteiger partial charge in [0, 0.05) is 11.1 Å². The molecule has 2 aromatic carbocycles. The number of hydrazine groups is 1. The Morgan fingerprint density at radius 1 is 1.14 bits per heavy atom. The lowest BCUT2D eigenvalue weighted by Crippen LogP contribution is -2.31. The van der Waals surface area contributed by atoms with E-state index in [4.69, 9.17) is 16.2 Å². The van der Waals surface area contributed by atoms with Gasteiger partial charge in [-0.2, -0.15) is 5.10 Å². The molecule has 1 heterocycles. The first-order valence-electron chi connectivity index (χ1n) is 6.85. The summed E-state index contributed by atoms with van der Waals surface area (Å²) >= 11 is 0. The highest BCUT2D eigenvalue weighted by molar-refractivity contribution is 6.03. The summed E-state index contributed by atoms with van der Waals surface area (Å²) in [5, 5.41) is 8.62. The fourth-order valence-electron chi connectivity index (χ4n) is 2.60. The van der Waals surface area contributed by atoms with Crippen molar-refractivity contribution in [3.8, 4) is 11.3 Å². The Kier molecular flexibility index (Phi) is 3.52. The molecule has 5 N–H and O–H groups in total. The van der Waals surface area contributed by atoms with E-state index in [9.17, 15) is 0 Å². The van der Waals surface area contributed by atoms with Crippen LogP contribution >= 0.6 is 0 Å². The van der Waals surface area contributed by atoms with Crippen molar-refractivity contribution in [3.05, 3.63) is 53.1 Å². The van der Waals surface area contributed by atoms with E-state index in [1.165, 1.54) is 11.1 Å². The average Bonchev–Trinajstić information content (AvgIpc) is 2.91. The SMILES string of the molecule is Cc1cc(C)cc(-c2onc3ccc(/C(=N/N)NN)cc23)c1. The average molecular weight is 295 g/mol. The number of aryl methyl sites for hydroxylation is 2. The second-order valence-electron chi connectivity index (χ2n) is 5.24. The smallest absolute Gasteiger partial charge is 0.174 e. The predicted octanol–water partition coefficient (Wildman–Crippen LogP) is 2.20. The summed E-state index contributed by atoms with van der Waals surface area (Å²) in [5.41, 5.74) is 7.35. The van der Waals surface area contributed by atoms with Crippen LogP contribution in [-0.4, -0.2) is 11.0 Å². The number of rotatable bonds is 2. The van der Waals surface area contributed by atoms with Crippen molar-refractivity contribution in [3.63, 3.8) is 0 Å². The molecule has 22 heavy (non-hydrogen) atoms. The van der Waals surface area contributed by atoms with Gasteiger partial charge in [0.15, 0.2) is 11.6 Å². The van der Waals surface area contributed by atoms with Crippen LogP contribution in [0.15, 0.2) is 46.0 Å². The normalized spacial score (nSPS) is 11.9. The molecule has 0 unspecified atom stereocenters.